The fraction of sp³-hybridized carbons (Fsp3) is 0.0370. The summed E-state index contributed by atoms with van der Waals surface area (Å²) < 4.78 is 0.760. The molecule has 0 fully saturated rings. The zero-order valence-electron chi connectivity index (χ0n) is 18.2. The predicted octanol–water partition coefficient (Wildman–Crippen LogP) is 6.88. The molecule has 164 valence electrons. The third-order valence-electron chi connectivity index (χ3n) is 5.54. The first kappa shape index (κ1) is 21.6. The lowest BCUT2D eigenvalue weighted by Gasteiger charge is -2.14. The molecule has 34 heavy (non-hydrogen) atoms. The van der Waals surface area contributed by atoms with E-state index >= 15 is 0 Å². The van der Waals surface area contributed by atoms with Crippen LogP contribution in [0, 0.1) is 18.3 Å². The minimum atomic E-state index is 0.468. The summed E-state index contributed by atoms with van der Waals surface area (Å²) in [5, 5.41) is 14.3. The number of halogens is 1. The van der Waals surface area contributed by atoms with Gasteiger partial charge in [0.15, 0.2) is 0 Å². The van der Waals surface area contributed by atoms with Crippen LogP contribution >= 0.6 is 15.9 Å². The van der Waals surface area contributed by atoms with Crippen molar-refractivity contribution in [3.63, 3.8) is 0 Å². The van der Waals surface area contributed by atoms with E-state index in [1.54, 1.807) is 12.4 Å². The number of anilines is 2. The van der Waals surface area contributed by atoms with E-state index in [-0.39, 0.29) is 0 Å². The summed E-state index contributed by atoms with van der Waals surface area (Å²) >= 11 is 3.41. The topological polar surface area (TPSA) is 90.3 Å². The van der Waals surface area contributed by atoms with Crippen LogP contribution in [0.2, 0.25) is 0 Å². The third kappa shape index (κ3) is 4.32. The van der Waals surface area contributed by atoms with Gasteiger partial charge in [0.05, 0.1) is 28.3 Å². The summed E-state index contributed by atoms with van der Waals surface area (Å²) in [5.74, 6) is 0. The van der Waals surface area contributed by atoms with Gasteiger partial charge >= 0.3 is 0 Å². The number of aromatic nitrogens is 4. The molecule has 0 radical (unpaired) electrons. The van der Waals surface area contributed by atoms with Crippen LogP contribution in [0.5, 0.6) is 0 Å². The minimum Gasteiger partial charge on any atom is -0.361 e. The summed E-state index contributed by atoms with van der Waals surface area (Å²) in [7, 11) is 0. The summed E-state index contributed by atoms with van der Waals surface area (Å²) in [6.45, 7) is 2.06. The Morgan fingerprint density at radius 2 is 1.79 bits per heavy atom. The highest BCUT2D eigenvalue weighted by Gasteiger charge is 2.11. The molecular weight excluding hydrogens is 488 g/mol. The van der Waals surface area contributed by atoms with E-state index in [4.69, 9.17) is 4.98 Å². The van der Waals surface area contributed by atoms with E-state index in [9.17, 15) is 5.26 Å². The molecule has 0 unspecified atom stereocenters. The van der Waals surface area contributed by atoms with Gasteiger partial charge in [-0.3, -0.25) is 4.98 Å². The van der Waals surface area contributed by atoms with E-state index in [0.717, 1.165) is 49.4 Å². The SMILES string of the molecule is Cc1c(Nc2c(C#N)cncc2C=Cc2cccc(-c3cccc(Br)n3)n2)ccc2[nH]ccc12. The molecule has 0 spiro atoms. The molecule has 4 aromatic heterocycles. The smallest absolute Gasteiger partial charge is 0.106 e. The molecule has 6 nitrogen and oxygen atoms in total. The fourth-order valence-electron chi connectivity index (χ4n) is 3.79. The lowest BCUT2D eigenvalue weighted by Crippen LogP contribution is -1.99. The van der Waals surface area contributed by atoms with E-state index in [2.05, 4.69) is 49.2 Å². The Morgan fingerprint density at radius 1 is 0.971 bits per heavy atom. The van der Waals surface area contributed by atoms with Gasteiger partial charge in [0.2, 0.25) is 0 Å². The molecule has 0 atom stereocenters. The van der Waals surface area contributed by atoms with Gasteiger partial charge in [-0.2, -0.15) is 5.26 Å². The Labute approximate surface area is 205 Å². The normalized spacial score (nSPS) is 11.1. The third-order valence-corrected chi connectivity index (χ3v) is 5.98. The molecule has 0 aliphatic rings. The molecule has 0 amide bonds. The van der Waals surface area contributed by atoms with Crippen molar-refractivity contribution in [2.75, 3.05) is 5.32 Å². The minimum absolute atomic E-state index is 0.468. The maximum atomic E-state index is 9.72. The van der Waals surface area contributed by atoms with Gasteiger partial charge < -0.3 is 10.3 Å². The number of hydrogen-bond acceptors (Lipinski definition) is 5. The van der Waals surface area contributed by atoms with Crippen LogP contribution < -0.4 is 5.32 Å². The standard InChI is InChI=1S/C27H19BrN6/c1-17-21-12-13-31-23(21)11-10-22(17)34-27-18(15-30-16-19(27)14-29)8-9-20-4-2-5-24(32-20)25-6-3-7-26(28)33-25/h2-13,15-16,31H,1H3,(H,30,34). The second-order valence-electron chi connectivity index (χ2n) is 7.69. The zero-order chi connectivity index (χ0) is 23.5. The average Bonchev–Trinajstić information content (AvgIpc) is 3.35. The lowest BCUT2D eigenvalue weighted by atomic mass is 10.1. The molecule has 5 aromatic rings. The Morgan fingerprint density at radius 3 is 2.62 bits per heavy atom. The molecule has 1 aromatic carbocycles. The van der Waals surface area contributed by atoms with E-state index in [1.807, 2.05) is 72.9 Å². The molecule has 0 bridgehead atoms. The van der Waals surface area contributed by atoms with Gasteiger partial charge in [0.25, 0.3) is 0 Å². The van der Waals surface area contributed by atoms with Crippen molar-refractivity contribution in [3.05, 3.63) is 100 Å². The summed E-state index contributed by atoms with van der Waals surface area (Å²) in [4.78, 5) is 16.7. The maximum absolute atomic E-state index is 9.72. The van der Waals surface area contributed by atoms with Crippen LogP contribution in [0.4, 0.5) is 11.4 Å². The molecule has 0 saturated carbocycles. The summed E-state index contributed by atoms with van der Waals surface area (Å²) in [6.07, 6.45) is 9.06. The second kappa shape index (κ2) is 9.30. The molecule has 0 aliphatic carbocycles. The molecule has 2 N–H and O–H groups in total. The highest BCUT2D eigenvalue weighted by Crippen LogP contribution is 2.31. The van der Waals surface area contributed by atoms with Gasteiger partial charge in [-0.15, -0.1) is 0 Å². The Kier molecular flexibility index (Phi) is 5.90. The number of H-pyrrole nitrogens is 1. The number of nitrogens with zero attached hydrogens (tertiary/aromatic N) is 4. The van der Waals surface area contributed by atoms with E-state index in [1.165, 1.54) is 0 Å². The van der Waals surface area contributed by atoms with Gasteiger partial charge in [-0.25, -0.2) is 9.97 Å². The highest BCUT2D eigenvalue weighted by atomic mass is 79.9. The van der Waals surface area contributed by atoms with E-state index in [0.29, 0.717) is 11.3 Å². The summed E-state index contributed by atoms with van der Waals surface area (Å²) in [5.41, 5.74) is 7.42. The van der Waals surface area contributed by atoms with Crippen LogP contribution in [0.15, 0.2) is 77.8 Å². The van der Waals surface area contributed by atoms with Crippen molar-refractivity contribution in [2.24, 2.45) is 0 Å². The first-order chi connectivity index (χ1) is 16.6. The van der Waals surface area contributed by atoms with Gasteiger partial charge in [0, 0.05) is 40.7 Å². The molecular formula is C27H19BrN6. The zero-order valence-corrected chi connectivity index (χ0v) is 19.8. The van der Waals surface area contributed by atoms with Crippen LogP contribution in [-0.2, 0) is 0 Å². The molecule has 0 saturated heterocycles. The largest absolute Gasteiger partial charge is 0.361 e. The molecule has 0 aliphatic heterocycles. The van der Waals surface area contributed by atoms with Crippen molar-refractivity contribution in [2.45, 2.75) is 6.92 Å². The van der Waals surface area contributed by atoms with Crippen LogP contribution in [-0.4, -0.2) is 19.9 Å². The van der Waals surface area contributed by atoms with Crippen LogP contribution in [0.1, 0.15) is 22.4 Å². The summed E-state index contributed by atoms with van der Waals surface area (Å²) in [6, 6.07) is 19.9. The number of nitriles is 1. The van der Waals surface area contributed by atoms with Crippen molar-refractivity contribution < 1.29 is 0 Å². The average molecular weight is 507 g/mol. The number of aromatic amines is 1. The highest BCUT2D eigenvalue weighted by molar-refractivity contribution is 9.10. The Bertz CT molecular complexity index is 1580. The number of rotatable bonds is 5. The molecule has 7 heteroatoms. The van der Waals surface area contributed by atoms with Crippen LogP contribution in [0.25, 0.3) is 34.4 Å². The maximum Gasteiger partial charge on any atom is 0.106 e. The van der Waals surface area contributed by atoms with E-state index < -0.39 is 0 Å². The first-order valence-corrected chi connectivity index (χ1v) is 11.4. The fourth-order valence-corrected chi connectivity index (χ4v) is 4.14. The molecule has 5 rings (SSSR count). The monoisotopic (exact) mass is 506 g/mol. The van der Waals surface area contributed by atoms with Gasteiger partial charge in [-0.1, -0.05) is 12.1 Å². The number of pyridine rings is 3. The Balaban J connectivity index is 1.50. The van der Waals surface area contributed by atoms with Crippen molar-refractivity contribution >= 4 is 50.4 Å². The number of benzene rings is 1. The van der Waals surface area contributed by atoms with Crippen molar-refractivity contribution in [1.29, 1.82) is 5.26 Å². The van der Waals surface area contributed by atoms with Crippen molar-refractivity contribution in [1.82, 2.24) is 19.9 Å². The Hall–Kier alpha value is -4.28. The first-order valence-electron chi connectivity index (χ1n) is 10.6. The number of nitrogens with one attached hydrogen (secondary N) is 2. The quantitative estimate of drug-likeness (QED) is 0.253. The van der Waals surface area contributed by atoms with Gasteiger partial charge in [0.1, 0.15) is 10.7 Å². The number of fused-ring (bicyclic) bond motifs is 1. The van der Waals surface area contributed by atoms with Crippen LogP contribution in [0.3, 0.4) is 0 Å². The number of hydrogen-bond donors (Lipinski definition) is 2. The van der Waals surface area contributed by atoms with Crippen molar-refractivity contribution in [3.8, 4) is 17.5 Å². The van der Waals surface area contributed by atoms with Gasteiger partial charge in [-0.05, 0) is 83.0 Å². The molecule has 4 heterocycles. The predicted molar refractivity (Wildman–Crippen MR) is 139 cm³/mol. The second-order valence-corrected chi connectivity index (χ2v) is 8.50. The lowest BCUT2D eigenvalue weighted by molar-refractivity contribution is 1.21. The number of aryl methyl sites for hydroxylation is 1.